The number of carbonyl (C=O) groups is 2. The summed E-state index contributed by atoms with van der Waals surface area (Å²) in [4.78, 5) is 23.1. The van der Waals surface area contributed by atoms with E-state index in [1.807, 2.05) is 33.8 Å². The minimum absolute atomic E-state index is 0.000684. The first kappa shape index (κ1) is 17.2. The van der Waals surface area contributed by atoms with Crippen LogP contribution in [0, 0.1) is 0 Å². The first-order valence-electron chi connectivity index (χ1n) is 7.40. The van der Waals surface area contributed by atoms with Crippen molar-refractivity contribution in [1.82, 2.24) is 15.8 Å². The smallest absolute Gasteiger partial charge is 0.220 e. The lowest BCUT2D eigenvalue weighted by Crippen LogP contribution is -2.30. The summed E-state index contributed by atoms with van der Waals surface area (Å²) in [7, 11) is 0. The summed E-state index contributed by atoms with van der Waals surface area (Å²) < 4.78 is 5.17. The second-order valence-electron chi connectivity index (χ2n) is 5.73. The van der Waals surface area contributed by atoms with Crippen molar-refractivity contribution in [2.75, 3.05) is 0 Å². The number of aryl methyl sites for hydroxylation is 2. The van der Waals surface area contributed by atoms with Crippen molar-refractivity contribution in [1.29, 1.82) is 0 Å². The predicted octanol–water partition coefficient (Wildman–Crippen LogP) is 1.59. The van der Waals surface area contributed by atoms with Crippen LogP contribution in [0.3, 0.4) is 0 Å². The number of nitrogens with one attached hydrogen (secondary N) is 2. The van der Waals surface area contributed by atoms with Crippen LogP contribution >= 0.6 is 0 Å². The molecule has 0 unspecified atom stereocenters. The first-order chi connectivity index (χ1) is 9.86. The van der Waals surface area contributed by atoms with Crippen LogP contribution in [0.25, 0.3) is 0 Å². The normalized spacial score (nSPS) is 11.0. The molecular weight excluding hydrogens is 270 g/mol. The zero-order chi connectivity index (χ0) is 15.8. The summed E-state index contributed by atoms with van der Waals surface area (Å²) in [5.74, 6) is 0.679. The Kier molecular flexibility index (Phi) is 6.91. The zero-order valence-electron chi connectivity index (χ0n) is 13.2. The monoisotopic (exact) mass is 295 g/mol. The van der Waals surface area contributed by atoms with Gasteiger partial charge in [-0.05, 0) is 27.7 Å². The van der Waals surface area contributed by atoms with E-state index in [4.69, 9.17) is 4.52 Å². The molecule has 21 heavy (non-hydrogen) atoms. The van der Waals surface area contributed by atoms with Gasteiger partial charge in [-0.2, -0.15) is 0 Å². The molecule has 0 saturated carbocycles. The van der Waals surface area contributed by atoms with Gasteiger partial charge in [-0.1, -0.05) is 5.16 Å². The molecule has 118 valence electrons. The Labute approximate surface area is 125 Å². The highest BCUT2D eigenvalue weighted by Crippen LogP contribution is 2.08. The standard InChI is InChI=1S/C15H25N3O3/c1-10(2)16-14(19)7-5-12-9-13(21-18-12)6-8-15(20)17-11(3)4/h9-11H,5-8H2,1-4H3,(H,16,19)(H,17,20). The van der Waals surface area contributed by atoms with Crippen molar-refractivity contribution in [3.63, 3.8) is 0 Å². The van der Waals surface area contributed by atoms with Crippen LogP contribution in [0.2, 0.25) is 0 Å². The number of aromatic nitrogens is 1. The third-order valence-electron chi connectivity index (χ3n) is 2.71. The van der Waals surface area contributed by atoms with Gasteiger partial charge < -0.3 is 15.2 Å². The van der Waals surface area contributed by atoms with Crippen LogP contribution in [0.1, 0.15) is 52.0 Å². The highest BCUT2D eigenvalue weighted by Gasteiger charge is 2.10. The molecule has 1 heterocycles. The molecule has 1 aromatic rings. The van der Waals surface area contributed by atoms with Crippen LogP contribution in [0.5, 0.6) is 0 Å². The van der Waals surface area contributed by atoms with E-state index >= 15 is 0 Å². The molecule has 1 rings (SSSR count). The van der Waals surface area contributed by atoms with Crippen LogP contribution in [-0.2, 0) is 22.4 Å². The van der Waals surface area contributed by atoms with Crippen LogP contribution in [0.15, 0.2) is 10.6 Å². The Morgan fingerprint density at radius 2 is 1.57 bits per heavy atom. The Morgan fingerprint density at radius 3 is 2.10 bits per heavy atom. The van der Waals surface area contributed by atoms with Gasteiger partial charge in [-0.3, -0.25) is 9.59 Å². The van der Waals surface area contributed by atoms with Crippen molar-refractivity contribution in [3.8, 4) is 0 Å². The number of carbonyl (C=O) groups excluding carboxylic acids is 2. The van der Waals surface area contributed by atoms with E-state index in [0.717, 1.165) is 5.69 Å². The lowest BCUT2D eigenvalue weighted by molar-refractivity contribution is -0.122. The highest BCUT2D eigenvalue weighted by atomic mass is 16.5. The second-order valence-corrected chi connectivity index (χ2v) is 5.73. The molecule has 0 atom stereocenters. The second kappa shape index (κ2) is 8.44. The molecule has 6 nitrogen and oxygen atoms in total. The molecule has 0 saturated heterocycles. The van der Waals surface area contributed by atoms with Crippen molar-refractivity contribution in [2.24, 2.45) is 0 Å². The minimum atomic E-state index is -0.000684. The molecule has 0 aliphatic rings. The van der Waals surface area contributed by atoms with Gasteiger partial charge in [0.05, 0.1) is 5.69 Å². The van der Waals surface area contributed by atoms with Gasteiger partial charge >= 0.3 is 0 Å². The maximum atomic E-state index is 11.5. The lowest BCUT2D eigenvalue weighted by Gasteiger charge is -2.06. The summed E-state index contributed by atoms with van der Waals surface area (Å²) in [6.45, 7) is 7.70. The third-order valence-corrected chi connectivity index (χ3v) is 2.71. The van der Waals surface area contributed by atoms with Gasteiger partial charge in [0, 0.05) is 43.8 Å². The lowest BCUT2D eigenvalue weighted by atomic mass is 10.2. The fourth-order valence-electron chi connectivity index (χ4n) is 1.86. The van der Waals surface area contributed by atoms with Gasteiger partial charge in [0.1, 0.15) is 5.76 Å². The molecule has 0 radical (unpaired) electrons. The third kappa shape index (κ3) is 7.48. The van der Waals surface area contributed by atoms with E-state index in [1.54, 1.807) is 0 Å². The molecule has 6 heteroatoms. The number of nitrogens with zero attached hydrogens (tertiary/aromatic N) is 1. The predicted molar refractivity (Wildman–Crippen MR) is 79.7 cm³/mol. The maximum Gasteiger partial charge on any atom is 0.220 e. The van der Waals surface area contributed by atoms with E-state index < -0.39 is 0 Å². The summed E-state index contributed by atoms with van der Waals surface area (Å²) in [6.07, 6.45) is 1.82. The van der Waals surface area contributed by atoms with E-state index in [1.165, 1.54) is 0 Å². The number of hydrogen-bond donors (Lipinski definition) is 2. The summed E-state index contributed by atoms with van der Waals surface area (Å²) >= 11 is 0. The molecule has 0 aliphatic carbocycles. The summed E-state index contributed by atoms with van der Waals surface area (Å²) in [5, 5.41) is 9.57. The fourth-order valence-corrected chi connectivity index (χ4v) is 1.86. The molecule has 2 N–H and O–H groups in total. The van der Waals surface area contributed by atoms with E-state index in [0.29, 0.717) is 31.4 Å². The molecule has 0 aliphatic heterocycles. The SMILES string of the molecule is CC(C)NC(=O)CCc1cc(CCC(=O)NC(C)C)on1. The van der Waals surface area contributed by atoms with E-state index in [9.17, 15) is 9.59 Å². The van der Waals surface area contributed by atoms with Crippen molar-refractivity contribution < 1.29 is 14.1 Å². The Hall–Kier alpha value is -1.85. The average Bonchev–Trinajstić information content (AvgIpc) is 2.80. The molecule has 0 aromatic carbocycles. The Bertz CT molecular complexity index is 426. The van der Waals surface area contributed by atoms with Gasteiger partial charge in [0.25, 0.3) is 0 Å². The topological polar surface area (TPSA) is 84.2 Å². The van der Waals surface area contributed by atoms with Gasteiger partial charge in [-0.25, -0.2) is 0 Å². The van der Waals surface area contributed by atoms with Crippen LogP contribution in [-0.4, -0.2) is 29.1 Å². The van der Waals surface area contributed by atoms with Crippen LogP contribution in [0.4, 0.5) is 0 Å². The number of hydrogen-bond acceptors (Lipinski definition) is 4. The fraction of sp³-hybridized carbons (Fsp3) is 0.667. The molecule has 1 aromatic heterocycles. The van der Waals surface area contributed by atoms with E-state index in [2.05, 4.69) is 15.8 Å². The molecule has 0 bridgehead atoms. The Balaban J connectivity index is 2.33. The Morgan fingerprint density at radius 1 is 1.05 bits per heavy atom. The zero-order valence-corrected chi connectivity index (χ0v) is 13.2. The van der Waals surface area contributed by atoms with Crippen molar-refractivity contribution in [2.45, 2.75) is 65.5 Å². The van der Waals surface area contributed by atoms with Crippen molar-refractivity contribution >= 4 is 11.8 Å². The molecule has 0 fully saturated rings. The van der Waals surface area contributed by atoms with E-state index in [-0.39, 0.29) is 23.9 Å². The quantitative estimate of drug-likeness (QED) is 0.763. The minimum Gasteiger partial charge on any atom is -0.361 e. The number of rotatable bonds is 8. The van der Waals surface area contributed by atoms with Gasteiger partial charge in [0.2, 0.25) is 11.8 Å². The van der Waals surface area contributed by atoms with Gasteiger partial charge in [0.15, 0.2) is 0 Å². The average molecular weight is 295 g/mol. The summed E-state index contributed by atoms with van der Waals surface area (Å²) in [6, 6.07) is 2.10. The molecule has 0 spiro atoms. The highest BCUT2D eigenvalue weighted by molar-refractivity contribution is 5.76. The number of amides is 2. The van der Waals surface area contributed by atoms with Gasteiger partial charge in [-0.15, -0.1) is 0 Å². The largest absolute Gasteiger partial charge is 0.361 e. The van der Waals surface area contributed by atoms with Crippen molar-refractivity contribution in [3.05, 3.63) is 17.5 Å². The van der Waals surface area contributed by atoms with Crippen LogP contribution < -0.4 is 10.6 Å². The first-order valence-corrected chi connectivity index (χ1v) is 7.40. The maximum absolute atomic E-state index is 11.5. The molecular formula is C15H25N3O3. The summed E-state index contributed by atoms with van der Waals surface area (Å²) in [5.41, 5.74) is 0.744. The molecule has 2 amide bonds.